The highest BCUT2D eigenvalue weighted by Gasteiger charge is 2.41. The zero-order valence-corrected chi connectivity index (χ0v) is 12.9. The van der Waals surface area contributed by atoms with E-state index in [1.54, 1.807) is 0 Å². The molecule has 1 unspecified atom stereocenters. The van der Waals surface area contributed by atoms with E-state index in [1.165, 1.54) is 6.42 Å². The maximum absolute atomic E-state index is 12.4. The van der Waals surface area contributed by atoms with Crippen LogP contribution in [0, 0.1) is 19.3 Å². The molecule has 1 spiro atoms. The van der Waals surface area contributed by atoms with Gasteiger partial charge in [0.1, 0.15) is 5.76 Å². The van der Waals surface area contributed by atoms with Crippen molar-refractivity contribution in [2.45, 2.75) is 33.1 Å². The normalized spacial score (nSPS) is 25.2. The Morgan fingerprint density at radius 3 is 2.85 bits per heavy atom. The Labute approximate surface area is 125 Å². The van der Waals surface area contributed by atoms with Crippen molar-refractivity contribution in [3.8, 4) is 0 Å². The summed E-state index contributed by atoms with van der Waals surface area (Å²) in [5, 5.41) is 7.33. The van der Waals surface area contributed by atoms with Crippen LogP contribution in [0.3, 0.4) is 0 Å². The first-order valence-electron chi connectivity index (χ1n) is 7.00. The summed E-state index contributed by atoms with van der Waals surface area (Å²) in [4.78, 5) is 14.4. The van der Waals surface area contributed by atoms with E-state index in [4.69, 9.17) is 4.52 Å². The van der Waals surface area contributed by atoms with E-state index >= 15 is 0 Å². The van der Waals surface area contributed by atoms with Gasteiger partial charge in [0.25, 0.3) is 0 Å². The van der Waals surface area contributed by atoms with Crippen molar-refractivity contribution in [2.75, 3.05) is 26.2 Å². The second kappa shape index (κ2) is 5.74. The van der Waals surface area contributed by atoms with Crippen molar-refractivity contribution >= 4 is 18.3 Å². The molecule has 6 heteroatoms. The molecule has 3 heterocycles. The predicted molar refractivity (Wildman–Crippen MR) is 78.0 cm³/mol. The number of carbonyl (C=O) groups excluding carboxylic acids is 1. The number of halogens is 1. The molecule has 112 valence electrons. The molecule has 2 saturated heterocycles. The lowest BCUT2D eigenvalue weighted by Gasteiger charge is -2.22. The summed E-state index contributed by atoms with van der Waals surface area (Å²) in [5.74, 6) is 0.973. The maximum Gasteiger partial charge on any atom is 0.227 e. The van der Waals surface area contributed by atoms with Crippen molar-refractivity contribution in [2.24, 2.45) is 5.41 Å². The number of aryl methyl sites for hydroxylation is 2. The van der Waals surface area contributed by atoms with Gasteiger partial charge in [0, 0.05) is 30.6 Å². The predicted octanol–water partition coefficient (Wildman–Crippen LogP) is 1.47. The quantitative estimate of drug-likeness (QED) is 0.898. The molecule has 1 N–H and O–H groups in total. The van der Waals surface area contributed by atoms with Crippen LogP contribution < -0.4 is 5.32 Å². The second-order valence-corrected chi connectivity index (χ2v) is 5.97. The number of aromatic nitrogens is 1. The minimum absolute atomic E-state index is 0. The average Bonchev–Trinajstić information content (AvgIpc) is 3.09. The summed E-state index contributed by atoms with van der Waals surface area (Å²) in [7, 11) is 0. The molecule has 0 aromatic carbocycles. The molecular weight excluding hydrogens is 278 g/mol. The third-order valence-corrected chi connectivity index (χ3v) is 4.63. The number of rotatable bonds is 2. The van der Waals surface area contributed by atoms with Crippen molar-refractivity contribution in [1.82, 2.24) is 15.4 Å². The fourth-order valence-corrected chi connectivity index (χ4v) is 3.31. The van der Waals surface area contributed by atoms with Crippen LogP contribution in [-0.2, 0) is 11.2 Å². The number of hydrogen-bond donors (Lipinski definition) is 1. The highest BCUT2D eigenvalue weighted by molar-refractivity contribution is 5.85. The number of nitrogens with one attached hydrogen (secondary N) is 1. The van der Waals surface area contributed by atoms with E-state index in [-0.39, 0.29) is 18.3 Å². The third kappa shape index (κ3) is 2.69. The Hall–Kier alpha value is -1.07. The van der Waals surface area contributed by atoms with Crippen molar-refractivity contribution in [3.05, 3.63) is 17.0 Å². The van der Waals surface area contributed by atoms with Crippen molar-refractivity contribution in [1.29, 1.82) is 0 Å². The Kier molecular flexibility index (Phi) is 4.39. The summed E-state index contributed by atoms with van der Waals surface area (Å²) in [6.45, 7) is 7.71. The fraction of sp³-hybridized carbons (Fsp3) is 0.714. The monoisotopic (exact) mass is 299 g/mol. The molecule has 1 amide bonds. The topological polar surface area (TPSA) is 58.4 Å². The highest BCUT2D eigenvalue weighted by Crippen LogP contribution is 2.36. The van der Waals surface area contributed by atoms with Crippen LogP contribution in [-0.4, -0.2) is 42.1 Å². The van der Waals surface area contributed by atoms with Gasteiger partial charge in [0.15, 0.2) is 0 Å². The number of likely N-dealkylation sites (tertiary alicyclic amines) is 1. The fourth-order valence-electron chi connectivity index (χ4n) is 3.31. The second-order valence-electron chi connectivity index (χ2n) is 5.97. The van der Waals surface area contributed by atoms with Crippen molar-refractivity contribution < 1.29 is 9.32 Å². The van der Waals surface area contributed by atoms with Gasteiger partial charge in [0.05, 0.1) is 12.1 Å². The molecule has 2 fully saturated rings. The Morgan fingerprint density at radius 2 is 2.25 bits per heavy atom. The van der Waals surface area contributed by atoms with Crippen LogP contribution >= 0.6 is 12.4 Å². The van der Waals surface area contributed by atoms with Gasteiger partial charge < -0.3 is 14.7 Å². The SMILES string of the molecule is Cc1noc(C)c1CC(=O)N1CCC2(CCNC2)C1.Cl. The molecule has 0 bridgehead atoms. The van der Waals surface area contributed by atoms with Gasteiger partial charge >= 0.3 is 0 Å². The van der Waals surface area contributed by atoms with E-state index < -0.39 is 0 Å². The molecule has 2 aliphatic rings. The summed E-state index contributed by atoms with van der Waals surface area (Å²) >= 11 is 0. The van der Waals surface area contributed by atoms with Crippen LogP contribution in [0.2, 0.25) is 0 Å². The minimum Gasteiger partial charge on any atom is -0.361 e. The van der Waals surface area contributed by atoms with E-state index in [9.17, 15) is 4.79 Å². The van der Waals surface area contributed by atoms with E-state index in [2.05, 4.69) is 10.5 Å². The van der Waals surface area contributed by atoms with E-state index in [0.29, 0.717) is 11.8 Å². The van der Waals surface area contributed by atoms with Crippen LogP contribution in [0.1, 0.15) is 29.9 Å². The lowest BCUT2D eigenvalue weighted by Crippen LogP contribution is -2.34. The summed E-state index contributed by atoms with van der Waals surface area (Å²) in [6, 6.07) is 0. The van der Waals surface area contributed by atoms with Gasteiger partial charge in [-0.25, -0.2) is 0 Å². The Morgan fingerprint density at radius 1 is 1.45 bits per heavy atom. The zero-order chi connectivity index (χ0) is 13.5. The smallest absolute Gasteiger partial charge is 0.227 e. The molecule has 0 radical (unpaired) electrons. The molecule has 1 aromatic heterocycles. The number of nitrogens with zero attached hydrogens (tertiary/aromatic N) is 2. The minimum atomic E-state index is 0. The molecule has 3 rings (SSSR count). The molecule has 5 nitrogen and oxygen atoms in total. The van der Waals surface area contributed by atoms with Crippen LogP contribution in [0.15, 0.2) is 4.52 Å². The van der Waals surface area contributed by atoms with Gasteiger partial charge in [0.2, 0.25) is 5.91 Å². The average molecular weight is 300 g/mol. The first kappa shape index (κ1) is 15.3. The van der Waals surface area contributed by atoms with Gasteiger partial charge in [-0.2, -0.15) is 0 Å². The van der Waals surface area contributed by atoms with Gasteiger partial charge in [-0.3, -0.25) is 4.79 Å². The first-order valence-corrected chi connectivity index (χ1v) is 7.00. The summed E-state index contributed by atoms with van der Waals surface area (Å²) in [6.07, 6.45) is 2.75. The van der Waals surface area contributed by atoms with E-state index in [1.807, 2.05) is 18.7 Å². The van der Waals surface area contributed by atoms with Crippen LogP contribution in [0.25, 0.3) is 0 Å². The molecule has 0 saturated carbocycles. The highest BCUT2D eigenvalue weighted by atomic mass is 35.5. The molecule has 2 aliphatic heterocycles. The zero-order valence-electron chi connectivity index (χ0n) is 12.1. The maximum atomic E-state index is 12.4. The van der Waals surface area contributed by atoms with Crippen LogP contribution in [0.4, 0.5) is 0 Å². The lowest BCUT2D eigenvalue weighted by molar-refractivity contribution is -0.129. The molecule has 20 heavy (non-hydrogen) atoms. The lowest BCUT2D eigenvalue weighted by atomic mass is 9.86. The van der Waals surface area contributed by atoms with Gasteiger partial charge in [-0.15, -0.1) is 12.4 Å². The summed E-state index contributed by atoms with van der Waals surface area (Å²) in [5.41, 5.74) is 2.13. The van der Waals surface area contributed by atoms with Crippen molar-refractivity contribution in [3.63, 3.8) is 0 Å². The standard InChI is InChI=1S/C14H21N3O2.ClH/c1-10-12(11(2)19-16-10)7-13(18)17-6-4-14(9-17)3-5-15-8-14;/h15H,3-9H2,1-2H3;1H. The third-order valence-electron chi connectivity index (χ3n) is 4.63. The molecule has 1 atom stereocenters. The first-order chi connectivity index (χ1) is 9.10. The molecule has 1 aromatic rings. The van der Waals surface area contributed by atoms with E-state index in [0.717, 1.165) is 49.6 Å². The van der Waals surface area contributed by atoms with Crippen LogP contribution in [0.5, 0.6) is 0 Å². The number of amides is 1. The summed E-state index contributed by atoms with van der Waals surface area (Å²) < 4.78 is 5.12. The Balaban J connectivity index is 0.00000147. The largest absolute Gasteiger partial charge is 0.361 e. The Bertz CT molecular complexity index is 475. The number of carbonyl (C=O) groups is 1. The molecule has 0 aliphatic carbocycles. The van der Waals surface area contributed by atoms with Gasteiger partial charge in [-0.05, 0) is 33.2 Å². The number of hydrogen-bond acceptors (Lipinski definition) is 4. The molecular formula is C14H22ClN3O2. The van der Waals surface area contributed by atoms with Gasteiger partial charge in [-0.1, -0.05) is 5.16 Å².